The van der Waals surface area contributed by atoms with Gasteiger partial charge in [0, 0.05) is 25.1 Å². The fourth-order valence-electron chi connectivity index (χ4n) is 5.48. The van der Waals surface area contributed by atoms with Gasteiger partial charge in [-0.25, -0.2) is 8.42 Å². The minimum absolute atomic E-state index is 0.0307. The molecule has 0 unspecified atom stereocenters. The molecule has 10 nitrogen and oxygen atoms in total. The third-order valence-corrected chi connectivity index (χ3v) is 8.92. The molecular weight excluding hydrogens is 582 g/mol. The normalized spacial score (nSPS) is 14.0. The molecule has 3 aromatic rings. The van der Waals surface area contributed by atoms with Crippen LogP contribution in [0, 0.1) is 0 Å². The highest BCUT2D eigenvalue weighted by Crippen LogP contribution is 2.34. The molecule has 0 heterocycles. The van der Waals surface area contributed by atoms with Crippen LogP contribution in [0.1, 0.15) is 36.8 Å². The van der Waals surface area contributed by atoms with E-state index in [0.717, 1.165) is 47.4 Å². The minimum Gasteiger partial charge on any atom is -0.497 e. The summed E-state index contributed by atoms with van der Waals surface area (Å²) in [5, 5.41) is 3.17. The van der Waals surface area contributed by atoms with Gasteiger partial charge in [0.25, 0.3) is 0 Å². The number of anilines is 1. The van der Waals surface area contributed by atoms with Gasteiger partial charge in [-0.05, 0) is 48.2 Å². The lowest BCUT2D eigenvalue weighted by atomic mass is 10.0. The molecule has 1 fully saturated rings. The van der Waals surface area contributed by atoms with Crippen molar-refractivity contribution in [3.63, 3.8) is 0 Å². The Morgan fingerprint density at radius 2 is 1.52 bits per heavy atom. The molecule has 1 N–H and O–H groups in total. The van der Waals surface area contributed by atoms with Crippen LogP contribution in [0.5, 0.6) is 17.2 Å². The average Bonchev–Trinajstić information content (AvgIpc) is 3.54. The number of nitrogens with zero attached hydrogens (tertiary/aromatic N) is 2. The van der Waals surface area contributed by atoms with Crippen molar-refractivity contribution in [1.29, 1.82) is 0 Å². The van der Waals surface area contributed by atoms with E-state index in [0.29, 0.717) is 11.5 Å². The van der Waals surface area contributed by atoms with Crippen molar-refractivity contribution in [1.82, 2.24) is 10.2 Å². The summed E-state index contributed by atoms with van der Waals surface area (Å²) < 4.78 is 43.6. The van der Waals surface area contributed by atoms with Gasteiger partial charge in [-0.3, -0.25) is 13.9 Å². The highest BCUT2D eigenvalue weighted by molar-refractivity contribution is 7.92. The second-order valence-electron chi connectivity index (χ2n) is 10.9. The summed E-state index contributed by atoms with van der Waals surface area (Å²) in [6.07, 6.45) is 5.10. The second-order valence-corrected chi connectivity index (χ2v) is 12.8. The number of nitrogens with one attached hydrogen (secondary N) is 1. The molecule has 0 saturated heterocycles. The molecule has 1 aliphatic rings. The highest BCUT2D eigenvalue weighted by Gasteiger charge is 2.35. The Kier molecular flexibility index (Phi) is 11.1. The van der Waals surface area contributed by atoms with Crippen LogP contribution in [-0.4, -0.2) is 71.3 Å². The lowest BCUT2D eigenvalue weighted by Crippen LogP contribution is -2.54. The van der Waals surface area contributed by atoms with E-state index in [1.165, 1.54) is 25.2 Å². The third kappa shape index (κ3) is 8.43. The average molecular weight is 624 g/mol. The molecule has 11 heteroatoms. The number of carbonyl (C=O) groups excluding carboxylic acids is 2. The zero-order valence-electron chi connectivity index (χ0n) is 25.7. The predicted molar refractivity (Wildman–Crippen MR) is 170 cm³/mol. The number of hydrogen-bond acceptors (Lipinski definition) is 7. The summed E-state index contributed by atoms with van der Waals surface area (Å²) in [5.74, 6) is 0.424. The van der Waals surface area contributed by atoms with E-state index in [1.807, 2.05) is 42.5 Å². The van der Waals surface area contributed by atoms with Gasteiger partial charge in [0.1, 0.15) is 29.8 Å². The molecule has 2 amide bonds. The van der Waals surface area contributed by atoms with Gasteiger partial charge in [0.15, 0.2) is 0 Å². The van der Waals surface area contributed by atoms with Gasteiger partial charge in [-0.1, -0.05) is 55.3 Å². The van der Waals surface area contributed by atoms with E-state index < -0.39 is 28.5 Å². The smallest absolute Gasteiger partial charge is 0.244 e. The standard InChI is InChI=1S/C33H41N3O7S/c1-41-27-16-10-13-25(19-27)22-35(30(20-24-11-6-5-7-12-24)33(38)34-26-14-8-9-15-26)32(37)23-36(44(4,39)40)29-21-28(42-2)17-18-31(29)43-3/h5-7,10-13,16-19,21,26,30H,8-9,14-15,20,22-23H2,1-4H3,(H,34,38)/t30-/m0/s1. The van der Waals surface area contributed by atoms with Crippen LogP contribution >= 0.6 is 0 Å². The van der Waals surface area contributed by atoms with E-state index in [4.69, 9.17) is 14.2 Å². The van der Waals surface area contributed by atoms with Crippen LogP contribution in [0.15, 0.2) is 72.8 Å². The quantitative estimate of drug-likeness (QED) is 0.287. The maximum absolute atomic E-state index is 14.4. The van der Waals surface area contributed by atoms with Crippen molar-refractivity contribution < 1.29 is 32.2 Å². The first-order valence-electron chi connectivity index (χ1n) is 14.6. The Labute approximate surface area is 260 Å². The minimum atomic E-state index is -3.98. The molecule has 0 bridgehead atoms. The van der Waals surface area contributed by atoms with E-state index in [-0.39, 0.29) is 36.4 Å². The largest absolute Gasteiger partial charge is 0.497 e. The lowest BCUT2D eigenvalue weighted by Gasteiger charge is -2.34. The number of carbonyl (C=O) groups is 2. The van der Waals surface area contributed by atoms with Crippen LogP contribution < -0.4 is 23.8 Å². The Morgan fingerprint density at radius 1 is 0.864 bits per heavy atom. The summed E-state index contributed by atoms with van der Waals surface area (Å²) >= 11 is 0. The summed E-state index contributed by atoms with van der Waals surface area (Å²) in [6, 6.07) is 20.6. The van der Waals surface area contributed by atoms with E-state index in [2.05, 4.69) is 5.32 Å². The fourth-order valence-corrected chi connectivity index (χ4v) is 6.32. The van der Waals surface area contributed by atoms with Gasteiger partial charge in [-0.2, -0.15) is 0 Å². The Bertz CT molecular complexity index is 1530. The first-order chi connectivity index (χ1) is 21.1. The van der Waals surface area contributed by atoms with Crippen molar-refractivity contribution in [2.45, 2.75) is 50.7 Å². The molecule has 0 radical (unpaired) electrons. The monoisotopic (exact) mass is 623 g/mol. The van der Waals surface area contributed by atoms with E-state index in [1.54, 1.807) is 31.4 Å². The van der Waals surface area contributed by atoms with Crippen molar-refractivity contribution in [3.8, 4) is 17.2 Å². The first kappa shape index (κ1) is 32.7. The van der Waals surface area contributed by atoms with Crippen LogP contribution in [0.4, 0.5) is 5.69 Å². The van der Waals surface area contributed by atoms with Gasteiger partial charge in [0.2, 0.25) is 21.8 Å². The van der Waals surface area contributed by atoms with Gasteiger partial charge in [-0.15, -0.1) is 0 Å². The van der Waals surface area contributed by atoms with Crippen LogP contribution in [-0.2, 0) is 32.6 Å². The number of amides is 2. The SMILES string of the molecule is COc1cccc(CN(C(=O)CN(c2cc(OC)ccc2OC)S(C)(=O)=O)[C@@H](Cc2ccccc2)C(=O)NC2CCCC2)c1. The molecular formula is C33H41N3O7S. The number of hydrogen-bond donors (Lipinski definition) is 1. The number of ether oxygens (including phenoxy) is 3. The number of sulfonamides is 1. The molecule has 1 saturated carbocycles. The van der Waals surface area contributed by atoms with Crippen LogP contribution in [0.3, 0.4) is 0 Å². The molecule has 1 atom stereocenters. The lowest BCUT2D eigenvalue weighted by molar-refractivity contribution is -0.140. The topological polar surface area (TPSA) is 114 Å². The molecule has 4 rings (SSSR count). The predicted octanol–water partition coefficient (Wildman–Crippen LogP) is 4.18. The maximum Gasteiger partial charge on any atom is 0.244 e. The van der Waals surface area contributed by atoms with Gasteiger partial charge >= 0.3 is 0 Å². The van der Waals surface area contributed by atoms with E-state index >= 15 is 0 Å². The molecule has 0 aromatic heterocycles. The number of methoxy groups -OCH3 is 3. The van der Waals surface area contributed by atoms with Crippen molar-refractivity contribution >= 4 is 27.5 Å². The molecule has 0 spiro atoms. The molecule has 44 heavy (non-hydrogen) atoms. The number of benzene rings is 3. The molecule has 236 valence electrons. The fraction of sp³-hybridized carbons (Fsp3) is 0.394. The number of rotatable bonds is 14. The van der Waals surface area contributed by atoms with Crippen molar-refractivity contribution in [3.05, 3.63) is 83.9 Å². The van der Waals surface area contributed by atoms with Crippen molar-refractivity contribution in [2.24, 2.45) is 0 Å². The van der Waals surface area contributed by atoms with Crippen LogP contribution in [0.25, 0.3) is 0 Å². The Morgan fingerprint density at radius 3 is 2.16 bits per heavy atom. The van der Waals surface area contributed by atoms with Gasteiger partial charge in [0.05, 0.1) is 33.3 Å². The Hall–Kier alpha value is -4.25. The Balaban J connectivity index is 1.77. The molecule has 1 aliphatic carbocycles. The first-order valence-corrected chi connectivity index (χ1v) is 16.4. The van der Waals surface area contributed by atoms with Crippen molar-refractivity contribution in [2.75, 3.05) is 38.4 Å². The van der Waals surface area contributed by atoms with E-state index in [9.17, 15) is 18.0 Å². The summed E-state index contributed by atoms with van der Waals surface area (Å²) in [7, 11) is 0.464. The highest BCUT2D eigenvalue weighted by atomic mass is 32.2. The summed E-state index contributed by atoms with van der Waals surface area (Å²) in [4.78, 5) is 29.9. The molecule has 0 aliphatic heterocycles. The molecule has 3 aromatic carbocycles. The van der Waals surface area contributed by atoms with Gasteiger partial charge < -0.3 is 24.4 Å². The third-order valence-electron chi connectivity index (χ3n) is 7.79. The zero-order valence-corrected chi connectivity index (χ0v) is 26.5. The zero-order chi connectivity index (χ0) is 31.7. The van der Waals surface area contributed by atoms with Crippen LogP contribution in [0.2, 0.25) is 0 Å². The summed E-state index contributed by atoms with van der Waals surface area (Å²) in [5.41, 5.74) is 1.75. The second kappa shape index (κ2) is 15.0. The maximum atomic E-state index is 14.4. The summed E-state index contributed by atoms with van der Waals surface area (Å²) in [6.45, 7) is -0.507.